The Morgan fingerprint density at radius 3 is 2.65 bits per heavy atom. The van der Waals surface area contributed by atoms with E-state index in [9.17, 15) is 4.79 Å². The number of carbonyl (C=O) groups is 1. The number of thiophene rings is 1. The maximum absolute atomic E-state index is 11.9. The summed E-state index contributed by atoms with van der Waals surface area (Å²) >= 11 is 1.63. The first-order chi connectivity index (χ1) is 11.1. The van der Waals surface area contributed by atoms with E-state index >= 15 is 0 Å². The lowest BCUT2D eigenvalue weighted by atomic mass is 10.1. The lowest BCUT2D eigenvalue weighted by molar-refractivity contribution is 0.238. The molecule has 0 aliphatic rings. The minimum absolute atomic E-state index is 0.0103. The van der Waals surface area contributed by atoms with Crippen LogP contribution < -0.4 is 20.1 Å². The maximum Gasteiger partial charge on any atom is 0.315 e. The van der Waals surface area contributed by atoms with Crippen LogP contribution in [-0.4, -0.2) is 26.8 Å². The Hall–Kier alpha value is -2.21. The highest BCUT2D eigenvalue weighted by molar-refractivity contribution is 7.10. The topological polar surface area (TPSA) is 59.6 Å². The largest absolute Gasteiger partial charge is 0.493 e. The van der Waals surface area contributed by atoms with Crippen molar-refractivity contribution in [2.24, 2.45) is 0 Å². The van der Waals surface area contributed by atoms with Crippen molar-refractivity contribution < 1.29 is 14.3 Å². The standard InChI is InChI=1S/C17H22N2O3S/c1-12(16-5-4-10-23-16)19-17(20)18-9-8-13-6-7-14(21-2)15(11-13)22-3/h4-7,10-12H,8-9H2,1-3H3,(H2,18,19,20)/t12-/m0/s1. The third-order valence-corrected chi connectivity index (χ3v) is 4.52. The molecule has 0 saturated heterocycles. The maximum atomic E-state index is 11.9. The van der Waals surface area contributed by atoms with Gasteiger partial charge in [0, 0.05) is 11.4 Å². The number of rotatable bonds is 7. The van der Waals surface area contributed by atoms with Gasteiger partial charge in [-0.25, -0.2) is 4.79 Å². The van der Waals surface area contributed by atoms with E-state index in [0.717, 1.165) is 16.9 Å². The van der Waals surface area contributed by atoms with Crippen molar-refractivity contribution in [2.75, 3.05) is 20.8 Å². The van der Waals surface area contributed by atoms with E-state index in [1.807, 2.05) is 42.6 Å². The zero-order valence-electron chi connectivity index (χ0n) is 13.6. The van der Waals surface area contributed by atoms with E-state index in [2.05, 4.69) is 10.6 Å². The normalized spacial score (nSPS) is 11.6. The van der Waals surface area contributed by atoms with Crippen molar-refractivity contribution in [3.05, 3.63) is 46.2 Å². The van der Waals surface area contributed by atoms with Gasteiger partial charge in [0.1, 0.15) is 0 Å². The molecule has 1 atom stereocenters. The van der Waals surface area contributed by atoms with E-state index in [-0.39, 0.29) is 12.1 Å². The Bertz CT molecular complexity index is 629. The molecule has 0 fully saturated rings. The minimum Gasteiger partial charge on any atom is -0.493 e. The summed E-state index contributed by atoms with van der Waals surface area (Å²) in [4.78, 5) is 13.0. The molecule has 2 rings (SSSR count). The fourth-order valence-corrected chi connectivity index (χ4v) is 2.95. The molecule has 2 N–H and O–H groups in total. The van der Waals surface area contributed by atoms with Gasteiger partial charge in [-0.05, 0) is 42.5 Å². The average Bonchev–Trinajstić information content (AvgIpc) is 3.09. The van der Waals surface area contributed by atoms with Crippen LogP contribution in [0.2, 0.25) is 0 Å². The fourth-order valence-electron chi connectivity index (χ4n) is 2.21. The van der Waals surface area contributed by atoms with Crippen molar-refractivity contribution in [3.8, 4) is 11.5 Å². The summed E-state index contributed by atoms with van der Waals surface area (Å²) in [6, 6.07) is 9.60. The van der Waals surface area contributed by atoms with Gasteiger partial charge in [-0.15, -0.1) is 11.3 Å². The first kappa shape index (κ1) is 17.1. The molecule has 0 saturated carbocycles. The second-order valence-electron chi connectivity index (χ2n) is 5.08. The van der Waals surface area contributed by atoms with Crippen molar-refractivity contribution in [1.29, 1.82) is 0 Å². The Morgan fingerprint density at radius 2 is 2.00 bits per heavy atom. The molecule has 6 heteroatoms. The number of benzene rings is 1. The van der Waals surface area contributed by atoms with Gasteiger partial charge in [-0.2, -0.15) is 0 Å². The predicted molar refractivity (Wildman–Crippen MR) is 92.5 cm³/mol. The van der Waals surface area contributed by atoms with Gasteiger partial charge in [0.05, 0.1) is 20.3 Å². The molecular weight excluding hydrogens is 312 g/mol. The number of ether oxygens (including phenoxy) is 2. The van der Waals surface area contributed by atoms with Crippen molar-refractivity contribution in [3.63, 3.8) is 0 Å². The number of methoxy groups -OCH3 is 2. The summed E-state index contributed by atoms with van der Waals surface area (Å²) in [6.45, 7) is 2.53. The number of hydrogen-bond acceptors (Lipinski definition) is 4. The molecule has 124 valence electrons. The Kier molecular flexibility index (Phi) is 6.29. The Labute approximate surface area is 140 Å². The lowest BCUT2D eigenvalue weighted by Gasteiger charge is -2.13. The van der Waals surface area contributed by atoms with Gasteiger partial charge in [0.15, 0.2) is 11.5 Å². The van der Waals surface area contributed by atoms with Crippen LogP contribution in [-0.2, 0) is 6.42 Å². The molecule has 2 amide bonds. The van der Waals surface area contributed by atoms with Gasteiger partial charge in [-0.3, -0.25) is 0 Å². The van der Waals surface area contributed by atoms with Gasteiger partial charge < -0.3 is 20.1 Å². The third kappa shape index (κ3) is 4.89. The van der Waals surface area contributed by atoms with E-state index in [0.29, 0.717) is 18.0 Å². The van der Waals surface area contributed by atoms with Crippen molar-refractivity contribution >= 4 is 17.4 Å². The molecule has 23 heavy (non-hydrogen) atoms. The van der Waals surface area contributed by atoms with E-state index < -0.39 is 0 Å². The summed E-state index contributed by atoms with van der Waals surface area (Å²) in [5, 5.41) is 7.80. The predicted octanol–water partition coefficient (Wildman–Crippen LogP) is 3.37. The van der Waals surface area contributed by atoms with Gasteiger partial charge in [-0.1, -0.05) is 12.1 Å². The summed E-state index contributed by atoms with van der Waals surface area (Å²) in [6.07, 6.45) is 0.723. The third-order valence-electron chi connectivity index (χ3n) is 3.46. The highest BCUT2D eigenvalue weighted by atomic mass is 32.1. The van der Waals surface area contributed by atoms with Crippen LogP contribution in [0.25, 0.3) is 0 Å². The zero-order valence-corrected chi connectivity index (χ0v) is 14.4. The van der Waals surface area contributed by atoms with Crippen LogP contribution in [0.4, 0.5) is 4.79 Å². The SMILES string of the molecule is COc1ccc(CCNC(=O)N[C@@H](C)c2cccs2)cc1OC. The number of amides is 2. The second kappa shape index (κ2) is 8.43. The monoisotopic (exact) mass is 334 g/mol. The van der Waals surface area contributed by atoms with Crippen molar-refractivity contribution in [1.82, 2.24) is 10.6 Å². The summed E-state index contributed by atoms with van der Waals surface area (Å²) in [5.41, 5.74) is 1.08. The molecule has 1 aromatic carbocycles. The molecule has 0 aliphatic carbocycles. The first-order valence-corrected chi connectivity index (χ1v) is 8.30. The molecule has 0 spiro atoms. The smallest absolute Gasteiger partial charge is 0.315 e. The summed E-state index contributed by atoms with van der Waals surface area (Å²) in [5.74, 6) is 1.40. The quantitative estimate of drug-likeness (QED) is 0.816. The van der Waals surface area contributed by atoms with Crippen LogP contribution in [0.3, 0.4) is 0 Å². The zero-order chi connectivity index (χ0) is 16.7. The van der Waals surface area contributed by atoms with E-state index in [1.165, 1.54) is 0 Å². The molecule has 0 radical (unpaired) electrons. The minimum atomic E-state index is -0.161. The second-order valence-corrected chi connectivity index (χ2v) is 6.06. The number of urea groups is 1. The molecule has 2 aromatic rings. The molecular formula is C17H22N2O3S. The Balaban J connectivity index is 1.79. The van der Waals surface area contributed by atoms with E-state index in [1.54, 1.807) is 25.6 Å². The first-order valence-electron chi connectivity index (χ1n) is 7.42. The summed E-state index contributed by atoms with van der Waals surface area (Å²) < 4.78 is 10.5. The van der Waals surface area contributed by atoms with Crippen LogP contribution in [0.5, 0.6) is 11.5 Å². The van der Waals surface area contributed by atoms with E-state index in [4.69, 9.17) is 9.47 Å². The molecule has 0 unspecified atom stereocenters. The molecule has 0 bridgehead atoms. The molecule has 0 aliphatic heterocycles. The van der Waals surface area contributed by atoms with Crippen LogP contribution >= 0.6 is 11.3 Å². The van der Waals surface area contributed by atoms with Crippen LogP contribution in [0, 0.1) is 0 Å². The van der Waals surface area contributed by atoms with Crippen LogP contribution in [0.15, 0.2) is 35.7 Å². The van der Waals surface area contributed by atoms with Crippen LogP contribution in [0.1, 0.15) is 23.4 Å². The summed E-state index contributed by atoms with van der Waals surface area (Å²) in [7, 11) is 3.22. The highest BCUT2D eigenvalue weighted by Gasteiger charge is 2.10. The van der Waals surface area contributed by atoms with Gasteiger partial charge >= 0.3 is 6.03 Å². The molecule has 1 heterocycles. The number of hydrogen-bond donors (Lipinski definition) is 2. The Morgan fingerprint density at radius 1 is 1.22 bits per heavy atom. The molecule has 5 nitrogen and oxygen atoms in total. The lowest BCUT2D eigenvalue weighted by Crippen LogP contribution is -2.37. The average molecular weight is 334 g/mol. The molecule has 1 aromatic heterocycles. The van der Waals surface area contributed by atoms with Gasteiger partial charge in [0.25, 0.3) is 0 Å². The van der Waals surface area contributed by atoms with Crippen molar-refractivity contribution in [2.45, 2.75) is 19.4 Å². The number of nitrogens with one attached hydrogen (secondary N) is 2. The number of carbonyl (C=O) groups excluding carboxylic acids is 1. The fraction of sp³-hybridized carbons (Fsp3) is 0.353. The highest BCUT2D eigenvalue weighted by Crippen LogP contribution is 2.27. The van der Waals surface area contributed by atoms with Gasteiger partial charge in [0.2, 0.25) is 0 Å².